The molecule has 0 radical (unpaired) electrons. The maximum atomic E-state index is 12.4. The normalized spacial score (nSPS) is 12.8. The van der Waals surface area contributed by atoms with Crippen molar-refractivity contribution in [3.63, 3.8) is 0 Å². The first kappa shape index (κ1) is 15.9. The molecule has 0 saturated carbocycles. The van der Waals surface area contributed by atoms with Crippen molar-refractivity contribution in [1.82, 2.24) is 0 Å². The third-order valence-electron chi connectivity index (χ3n) is 3.45. The summed E-state index contributed by atoms with van der Waals surface area (Å²) in [5, 5.41) is 18.0. The summed E-state index contributed by atoms with van der Waals surface area (Å²) in [6, 6.07) is 6.77. The molecule has 0 spiro atoms. The van der Waals surface area contributed by atoms with Crippen molar-refractivity contribution in [2.45, 2.75) is 27.2 Å². The quantitative estimate of drug-likeness (QED) is 0.779. The molecule has 0 aliphatic carbocycles. The monoisotopic (exact) mass is 278 g/mol. The molecule has 0 saturated heterocycles. The third kappa shape index (κ3) is 3.44. The van der Waals surface area contributed by atoms with Gasteiger partial charge in [0, 0.05) is 11.0 Å². The summed E-state index contributed by atoms with van der Waals surface area (Å²) >= 11 is 0. The van der Waals surface area contributed by atoms with Gasteiger partial charge in [-0.25, -0.2) is 0 Å². The average Bonchev–Trinajstić information content (AvgIpc) is 2.35. The van der Waals surface area contributed by atoms with Crippen LogP contribution in [-0.4, -0.2) is 27.9 Å². The Morgan fingerprint density at radius 1 is 1.10 bits per heavy atom. The lowest BCUT2D eigenvalue weighted by Crippen LogP contribution is -2.39. The molecule has 2 N–H and O–H groups in total. The molecule has 0 aliphatic heterocycles. The van der Waals surface area contributed by atoms with Crippen LogP contribution >= 0.6 is 0 Å². The predicted molar refractivity (Wildman–Crippen MR) is 72.7 cm³/mol. The van der Waals surface area contributed by atoms with Crippen LogP contribution in [0.3, 0.4) is 0 Å². The Balaban J connectivity index is 3.11. The Hall–Kier alpha value is -2.17. The van der Waals surface area contributed by atoms with E-state index in [9.17, 15) is 19.5 Å². The molecule has 5 heteroatoms. The van der Waals surface area contributed by atoms with Gasteiger partial charge in [0.25, 0.3) is 0 Å². The molecule has 0 heterocycles. The standard InChI is InChI=1S/C15H18O5/c1-9-4-6-10(7-5-9)13(18)15(2,3)11(14(19)20)8-12(16)17/h4-7,11H,8H2,1-3H3,(H,16,17)(H,19,20). The van der Waals surface area contributed by atoms with Gasteiger partial charge in [-0.05, 0) is 6.92 Å². The maximum absolute atomic E-state index is 12.4. The number of aliphatic carboxylic acids is 2. The van der Waals surface area contributed by atoms with Gasteiger partial charge in [0.05, 0.1) is 12.3 Å². The Morgan fingerprint density at radius 3 is 2.00 bits per heavy atom. The summed E-state index contributed by atoms with van der Waals surface area (Å²) in [4.78, 5) is 34.5. The minimum absolute atomic E-state index is 0.369. The van der Waals surface area contributed by atoms with Crippen molar-refractivity contribution < 1.29 is 24.6 Å². The average molecular weight is 278 g/mol. The second kappa shape index (κ2) is 5.86. The van der Waals surface area contributed by atoms with Gasteiger partial charge < -0.3 is 10.2 Å². The minimum atomic E-state index is -1.29. The zero-order chi connectivity index (χ0) is 15.5. The number of Topliss-reactive ketones (excluding diaryl/α,β-unsaturated/α-hetero) is 1. The highest BCUT2D eigenvalue weighted by molar-refractivity contribution is 6.02. The van der Waals surface area contributed by atoms with Gasteiger partial charge in [0.1, 0.15) is 0 Å². The first-order valence-electron chi connectivity index (χ1n) is 6.22. The van der Waals surface area contributed by atoms with Gasteiger partial charge in [0.2, 0.25) is 0 Å². The number of rotatable bonds is 6. The van der Waals surface area contributed by atoms with E-state index in [2.05, 4.69) is 0 Å². The van der Waals surface area contributed by atoms with E-state index in [-0.39, 0.29) is 5.78 Å². The highest BCUT2D eigenvalue weighted by Crippen LogP contribution is 2.33. The van der Waals surface area contributed by atoms with E-state index in [1.807, 2.05) is 6.92 Å². The van der Waals surface area contributed by atoms with E-state index in [0.29, 0.717) is 5.56 Å². The third-order valence-corrected chi connectivity index (χ3v) is 3.45. The fourth-order valence-electron chi connectivity index (χ4n) is 2.06. The molecular weight excluding hydrogens is 260 g/mol. The molecule has 0 amide bonds. The first-order chi connectivity index (χ1) is 9.16. The van der Waals surface area contributed by atoms with Gasteiger partial charge in [-0.3, -0.25) is 14.4 Å². The number of hydrogen-bond donors (Lipinski definition) is 2. The van der Waals surface area contributed by atoms with E-state index >= 15 is 0 Å². The predicted octanol–water partition coefficient (Wildman–Crippen LogP) is 2.38. The van der Waals surface area contributed by atoms with E-state index in [1.54, 1.807) is 24.3 Å². The molecule has 1 unspecified atom stereocenters. The van der Waals surface area contributed by atoms with Crippen LogP contribution in [0.5, 0.6) is 0 Å². The molecule has 108 valence electrons. The topological polar surface area (TPSA) is 91.7 Å². The van der Waals surface area contributed by atoms with Gasteiger partial charge >= 0.3 is 11.9 Å². The zero-order valence-corrected chi connectivity index (χ0v) is 11.7. The molecule has 0 aromatic heterocycles. The molecule has 0 bridgehead atoms. The van der Waals surface area contributed by atoms with Gasteiger partial charge in [0.15, 0.2) is 5.78 Å². The summed E-state index contributed by atoms with van der Waals surface area (Å²) in [7, 11) is 0. The lowest BCUT2D eigenvalue weighted by Gasteiger charge is -2.29. The molecule has 5 nitrogen and oxygen atoms in total. The summed E-state index contributed by atoms with van der Waals surface area (Å²) in [5.41, 5.74) is 0.0800. The van der Waals surface area contributed by atoms with Crippen molar-refractivity contribution in [2.24, 2.45) is 11.3 Å². The Labute approximate surface area is 117 Å². The number of carboxylic acid groups (broad SMARTS) is 2. The highest BCUT2D eigenvalue weighted by Gasteiger charge is 2.42. The molecular formula is C15H18O5. The minimum Gasteiger partial charge on any atom is -0.481 e. The number of benzene rings is 1. The van der Waals surface area contributed by atoms with Gasteiger partial charge in [-0.15, -0.1) is 0 Å². The second-order valence-electron chi connectivity index (χ2n) is 5.41. The molecule has 20 heavy (non-hydrogen) atoms. The Morgan fingerprint density at radius 2 is 1.60 bits per heavy atom. The van der Waals surface area contributed by atoms with Crippen LogP contribution in [0.4, 0.5) is 0 Å². The van der Waals surface area contributed by atoms with Gasteiger partial charge in [-0.2, -0.15) is 0 Å². The molecule has 1 atom stereocenters. The smallest absolute Gasteiger partial charge is 0.308 e. The summed E-state index contributed by atoms with van der Waals surface area (Å²) in [6.07, 6.45) is -0.583. The van der Waals surface area contributed by atoms with Crippen LogP contribution in [0.25, 0.3) is 0 Å². The lowest BCUT2D eigenvalue weighted by atomic mass is 9.72. The molecule has 0 fully saturated rings. The number of aryl methyl sites for hydroxylation is 1. The van der Waals surface area contributed by atoms with Gasteiger partial charge in [-0.1, -0.05) is 43.7 Å². The molecule has 1 aromatic carbocycles. The van der Waals surface area contributed by atoms with E-state index < -0.39 is 29.7 Å². The number of carbonyl (C=O) groups is 3. The van der Waals surface area contributed by atoms with E-state index in [0.717, 1.165) is 5.56 Å². The first-order valence-corrected chi connectivity index (χ1v) is 6.22. The van der Waals surface area contributed by atoms with Crippen LogP contribution in [-0.2, 0) is 9.59 Å². The SMILES string of the molecule is Cc1ccc(C(=O)C(C)(C)C(CC(=O)O)C(=O)O)cc1. The van der Waals surface area contributed by atoms with E-state index in [1.165, 1.54) is 13.8 Å². The van der Waals surface area contributed by atoms with Crippen molar-refractivity contribution in [2.75, 3.05) is 0 Å². The molecule has 1 rings (SSSR count). The Kier molecular flexibility index (Phi) is 4.65. The van der Waals surface area contributed by atoms with Crippen LogP contribution in [0.2, 0.25) is 0 Å². The maximum Gasteiger partial charge on any atom is 0.308 e. The van der Waals surface area contributed by atoms with Crippen LogP contribution in [0.15, 0.2) is 24.3 Å². The number of hydrogen-bond acceptors (Lipinski definition) is 3. The van der Waals surface area contributed by atoms with Crippen LogP contribution < -0.4 is 0 Å². The van der Waals surface area contributed by atoms with Crippen molar-refractivity contribution in [1.29, 1.82) is 0 Å². The zero-order valence-electron chi connectivity index (χ0n) is 11.7. The lowest BCUT2D eigenvalue weighted by molar-refractivity contribution is -0.151. The fourth-order valence-corrected chi connectivity index (χ4v) is 2.06. The highest BCUT2D eigenvalue weighted by atomic mass is 16.4. The van der Waals surface area contributed by atoms with Crippen LogP contribution in [0, 0.1) is 18.3 Å². The number of ketones is 1. The van der Waals surface area contributed by atoms with E-state index in [4.69, 9.17) is 5.11 Å². The number of carboxylic acids is 2. The van der Waals surface area contributed by atoms with Crippen molar-refractivity contribution >= 4 is 17.7 Å². The van der Waals surface area contributed by atoms with Crippen molar-refractivity contribution in [3.8, 4) is 0 Å². The fraction of sp³-hybridized carbons (Fsp3) is 0.400. The second-order valence-corrected chi connectivity index (χ2v) is 5.41. The summed E-state index contributed by atoms with van der Waals surface area (Å²) in [6.45, 7) is 4.82. The molecule has 0 aliphatic rings. The summed E-state index contributed by atoms with van der Waals surface area (Å²) in [5.74, 6) is -4.15. The Bertz CT molecular complexity index is 528. The van der Waals surface area contributed by atoms with Crippen molar-refractivity contribution in [3.05, 3.63) is 35.4 Å². The molecule has 1 aromatic rings. The van der Waals surface area contributed by atoms with Crippen LogP contribution in [0.1, 0.15) is 36.2 Å². The number of carbonyl (C=O) groups excluding carboxylic acids is 1. The largest absolute Gasteiger partial charge is 0.481 e. The summed E-state index contributed by atoms with van der Waals surface area (Å²) < 4.78 is 0.